The maximum atomic E-state index is 12.9. The normalized spacial score (nSPS) is 11.9. The number of nitro groups is 1. The second-order valence-corrected chi connectivity index (χ2v) is 8.59. The molecule has 0 bridgehead atoms. The molecule has 1 atom stereocenters. The van der Waals surface area contributed by atoms with Gasteiger partial charge in [0.05, 0.1) is 29.4 Å². The zero-order valence-electron chi connectivity index (χ0n) is 16.8. The summed E-state index contributed by atoms with van der Waals surface area (Å²) in [5, 5.41) is 22.6. The minimum atomic E-state index is -3.93. The zero-order chi connectivity index (χ0) is 22.5. The fourth-order valence-corrected chi connectivity index (χ4v) is 4.27. The van der Waals surface area contributed by atoms with Gasteiger partial charge in [0.15, 0.2) is 0 Å². The molecule has 2 rings (SSSR count). The van der Waals surface area contributed by atoms with Crippen molar-refractivity contribution in [1.29, 1.82) is 5.26 Å². The lowest BCUT2D eigenvalue weighted by atomic mass is 10.1. The highest BCUT2D eigenvalue weighted by atomic mass is 32.2. The Labute approximate surface area is 175 Å². The molecule has 0 saturated carbocycles. The summed E-state index contributed by atoms with van der Waals surface area (Å²) in [6.07, 6.45) is 1.34. The van der Waals surface area contributed by atoms with Gasteiger partial charge in [-0.3, -0.25) is 19.2 Å². The van der Waals surface area contributed by atoms with Crippen molar-refractivity contribution in [3.63, 3.8) is 0 Å². The predicted molar refractivity (Wildman–Crippen MR) is 114 cm³/mol. The summed E-state index contributed by atoms with van der Waals surface area (Å²) in [6.45, 7) is 3.28. The van der Waals surface area contributed by atoms with Crippen LogP contribution in [-0.2, 0) is 21.2 Å². The summed E-state index contributed by atoms with van der Waals surface area (Å²) in [6, 6.07) is 11.4. The molecule has 2 aromatic rings. The van der Waals surface area contributed by atoms with E-state index in [1.165, 1.54) is 12.1 Å². The molecule has 10 heteroatoms. The number of amides is 1. The van der Waals surface area contributed by atoms with Crippen molar-refractivity contribution in [2.24, 2.45) is 0 Å². The van der Waals surface area contributed by atoms with Gasteiger partial charge in [-0.2, -0.15) is 5.26 Å². The molecule has 158 valence electrons. The van der Waals surface area contributed by atoms with E-state index in [2.05, 4.69) is 5.32 Å². The fraction of sp³-hybridized carbons (Fsp3) is 0.300. The zero-order valence-corrected chi connectivity index (χ0v) is 17.6. The third-order valence-electron chi connectivity index (χ3n) is 4.48. The van der Waals surface area contributed by atoms with Crippen LogP contribution in [0.1, 0.15) is 24.5 Å². The monoisotopic (exact) mass is 430 g/mol. The Kier molecular flexibility index (Phi) is 7.13. The number of anilines is 2. The number of aryl methyl sites for hydroxylation is 1. The lowest BCUT2D eigenvalue weighted by molar-refractivity contribution is -0.384. The quantitative estimate of drug-likeness (QED) is 0.505. The molecule has 0 aliphatic heterocycles. The van der Waals surface area contributed by atoms with Crippen LogP contribution in [0.3, 0.4) is 0 Å². The van der Waals surface area contributed by atoms with E-state index in [-0.39, 0.29) is 24.2 Å². The van der Waals surface area contributed by atoms with Crippen LogP contribution in [0, 0.1) is 28.4 Å². The van der Waals surface area contributed by atoms with Crippen molar-refractivity contribution < 1.29 is 18.1 Å². The highest BCUT2D eigenvalue weighted by molar-refractivity contribution is 7.92. The van der Waals surface area contributed by atoms with Gasteiger partial charge in [-0.05, 0) is 36.6 Å². The molecule has 1 amide bonds. The van der Waals surface area contributed by atoms with Crippen LogP contribution in [-0.4, -0.2) is 31.5 Å². The molecule has 0 saturated heterocycles. The van der Waals surface area contributed by atoms with Crippen molar-refractivity contribution in [3.05, 3.63) is 63.7 Å². The van der Waals surface area contributed by atoms with Gasteiger partial charge in [0.2, 0.25) is 15.9 Å². The first-order valence-electron chi connectivity index (χ1n) is 9.09. The van der Waals surface area contributed by atoms with E-state index in [4.69, 9.17) is 5.26 Å². The first kappa shape index (κ1) is 22.8. The molecule has 9 nitrogen and oxygen atoms in total. The smallest absolute Gasteiger partial charge is 0.271 e. The predicted octanol–water partition coefficient (Wildman–Crippen LogP) is 3.15. The number of nitrogens with one attached hydrogen (secondary N) is 1. The van der Waals surface area contributed by atoms with E-state index in [9.17, 15) is 23.3 Å². The second-order valence-electron chi connectivity index (χ2n) is 6.73. The van der Waals surface area contributed by atoms with Gasteiger partial charge in [-0.15, -0.1) is 0 Å². The molecule has 0 heterocycles. The van der Waals surface area contributed by atoms with Gasteiger partial charge < -0.3 is 5.32 Å². The highest BCUT2D eigenvalue weighted by Crippen LogP contribution is 2.30. The first-order valence-corrected chi connectivity index (χ1v) is 10.9. The number of benzene rings is 2. The minimum Gasteiger partial charge on any atom is -0.324 e. The van der Waals surface area contributed by atoms with Crippen LogP contribution >= 0.6 is 0 Å². The molecule has 0 aliphatic rings. The van der Waals surface area contributed by atoms with E-state index in [1.54, 1.807) is 38.1 Å². The van der Waals surface area contributed by atoms with E-state index < -0.39 is 26.9 Å². The Morgan fingerprint density at radius 3 is 2.40 bits per heavy atom. The number of carbonyl (C=O) groups is 1. The Bertz CT molecular complexity index is 1090. The van der Waals surface area contributed by atoms with Crippen molar-refractivity contribution in [2.45, 2.75) is 32.7 Å². The lowest BCUT2D eigenvalue weighted by Gasteiger charge is -2.31. The summed E-state index contributed by atoms with van der Waals surface area (Å²) in [5.74, 6) is -0.568. The van der Waals surface area contributed by atoms with E-state index in [0.29, 0.717) is 11.3 Å². The Balaban J connectivity index is 2.42. The topological polar surface area (TPSA) is 133 Å². The van der Waals surface area contributed by atoms with Crippen molar-refractivity contribution in [1.82, 2.24) is 0 Å². The highest BCUT2D eigenvalue weighted by Gasteiger charge is 2.33. The van der Waals surface area contributed by atoms with Crippen LogP contribution in [0.25, 0.3) is 0 Å². The Morgan fingerprint density at radius 2 is 1.90 bits per heavy atom. The molecule has 0 aliphatic carbocycles. The van der Waals surface area contributed by atoms with Gasteiger partial charge in [-0.1, -0.05) is 25.1 Å². The number of rotatable bonds is 8. The molecule has 0 radical (unpaired) electrons. The maximum absolute atomic E-state index is 12.9. The fourth-order valence-electron chi connectivity index (χ4n) is 3.01. The molecule has 0 spiro atoms. The number of hydrogen-bond donors (Lipinski definition) is 1. The Hall–Kier alpha value is -3.45. The van der Waals surface area contributed by atoms with Crippen LogP contribution in [0.15, 0.2) is 42.5 Å². The number of nitrogens with zero attached hydrogens (tertiary/aromatic N) is 3. The third-order valence-corrected chi connectivity index (χ3v) is 5.64. The van der Waals surface area contributed by atoms with Gasteiger partial charge >= 0.3 is 0 Å². The largest absolute Gasteiger partial charge is 0.324 e. The molecule has 0 fully saturated rings. The maximum Gasteiger partial charge on any atom is 0.271 e. The Morgan fingerprint density at radius 1 is 1.27 bits per heavy atom. The summed E-state index contributed by atoms with van der Waals surface area (Å²) >= 11 is 0. The average molecular weight is 430 g/mol. The number of sulfonamides is 1. The van der Waals surface area contributed by atoms with Gasteiger partial charge in [0, 0.05) is 17.8 Å². The molecule has 1 N–H and O–H groups in total. The summed E-state index contributed by atoms with van der Waals surface area (Å²) in [5.41, 5.74) is 1.53. The average Bonchev–Trinajstić information content (AvgIpc) is 2.67. The van der Waals surface area contributed by atoms with Crippen molar-refractivity contribution in [3.8, 4) is 6.07 Å². The van der Waals surface area contributed by atoms with Crippen molar-refractivity contribution >= 4 is 33.0 Å². The number of nitriles is 1. The lowest BCUT2D eigenvalue weighted by Crippen LogP contribution is -2.47. The van der Waals surface area contributed by atoms with Gasteiger partial charge in [0.1, 0.15) is 6.04 Å². The third kappa shape index (κ3) is 5.33. The minimum absolute atomic E-state index is 0.0815. The van der Waals surface area contributed by atoms with Crippen LogP contribution in [0.5, 0.6) is 0 Å². The number of hydrogen-bond acceptors (Lipinski definition) is 6. The SMILES string of the molecule is CC[C@@H](C(=O)Nc1ccc(CC#N)cc1)N(c1cc([N+](=O)[O-])ccc1C)S(C)(=O)=O. The van der Waals surface area contributed by atoms with Gasteiger partial charge in [-0.25, -0.2) is 8.42 Å². The van der Waals surface area contributed by atoms with E-state index in [1.807, 2.05) is 6.07 Å². The summed E-state index contributed by atoms with van der Waals surface area (Å²) < 4.78 is 26.1. The molecule has 0 aromatic heterocycles. The molecular weight excluding hydrogens is 408 g/mol. The van der Waals surface area contributed by atoms with Crippen LogP contribution in [0.4, 0.5) is 17.1 Å². The molecule has 2 aromatic carbocycles. The standard InChI is InChI=1S/C20H22N4O5S/c1-4-18(20(25)22-16-8-6-15(7-9-16)11-12-21)23(30(3,28)29)19-13-17(24(26)27)10-5-14(19)2/h5-10,13,18H,4,11H2,1-3H3,(H,22,25)/t18-/m0/s1. The number of nitro benzene ring substituents is 1. The first-order chi connectivity index (χ1) is 14.1. The van der Waals surface area contributed by atoms with E-state index in [0.717, 1.165) is 22.2 Å². The summed E-state index contributed by atoms with van der Waals surface area (Å²) in [7, 11) is -3.93. The number of carbonyl (C=O) groups excluding carboxylic acids is 1. The molecular formula is C20H22N4O5S. The second kappa shape index (κ2) is 9.37. The summed E-state index contributed by atoms with van der Waals surface area (Å²) in [4.78, 5) is 23.5. The van der Waals surface area contributed by atoms with Crippen LogP contribution < -0.4 is 9.62 Å². The number of non-ortho nitro benzene ring substituents is 1. The van der Waals surface area contributed by atoms with E-state index >= 15 is 0 Å². The van der Waals surface area contributed by atoms with Gasteiger partial charge in [0.25, 0.3) is 5.69 Å². The van der Waals surface area contributed by atoms with Crippen LogP contribution in [0.2, 0.25) is 0 Å². The molecule has 30 heavy (non-hydrogen) atoms. The van der Waals surface area contributed by atoms with Crippen molar-refractivity contribution in [2.75, 3.05) is 15.9 Å². The molecule has 0 unspecified atom stereocenters.